The third-order valence-corrected chi connectivity index (χ3v) is 5.86. The SMILES string of the molecule is CCCC[C@](CC)(CC=O)N[C@H](Cc1ccccc1)c1ccc(OC(C)C)cc1C=O. The Kier molecular flexibility index (Phi) is 9.93. The monoisotopic (exact) mass is 423 g/mol. The van der Waals surface area contributed by atoms with Gasteiger partial charge in [-0.15, -0.1) is 0 Å². The van der Waals surface area contributed by atoms with Gasteiger partial charge < -0.3 is 14.8 Å². The number of benzene rings is 2. The number of carbonyl (C=O) groups is 2. The second-order valence-corrected chi connectivity index (χ2v) is 8.57. The predicted octanol–water partition coefficient (Wildman–Crippen LogP) is 6.09. The summed E-state index contributed by atoms with van der Waals surface area (Å²) in [5.74, 6) is 0.694. The number of ether oxygens (including phenoxy) is 1. The number of hydrogen-bond donors (Lipinski definition) is 1. The van der Waals surface area contributed by atoms with E-state index in [0.717, 1.165) is 50.2 Å². The first kappa shape index (κ1) is 24.8. The van der Waals surface area contributed by atoms with Crippen LogP contribution in [0.3, 0.4) is 0 Å². The molecule has 0 aliphatic heterocycles. The van der Waals surface area contributed by atoms with Crippen LogP contribution in [0.4, 0.5) is 0 Å². The van der Waals surface area contributed by atoms with Gasteiger partial charge in [-0.25, -0.2) is 0 Å². The average molecular weight is 424 g/mol. The number of rotatable bonds is 14. The zero-order valence-corrected chi connectivity index (χ0v) is 19.4. The molecule has 0 aliphatic rings. The van der Waals surface area contributed by atoms with Gasteiger partial charge in [0.15, 0.2) is 6.29 Å². The number of nitrogens with one attached hydrogen (secondary N) is 1. The zero-order chi connectivity index (χ0) is 22.7. The molecule has 0 spiro atoms. The summed E-state index contributed by atoms with van der Waals surface area (Å²) in [6.07, 6.45) is 7.06. The van der Waals surface area contributed by atoms with Crippen molar-refractivity contribution in [3.05, 3.63) is 65.2 Å². The quantitative estimate of drug-likeness (QED) is 0.374. The lowest BCUT2D eigenvalue weighted by atomic mass is 9.83. The maximum Gasteiger partial charge on any atom is 0.150 e. The molecular formula is C27H37NO3. The van der Waals surface area contributed by atoms with Crippen molar-refractivity contribution in [2.75, 3.05) is 0 Å². The second-order valence-electron chi connectivity index (χ2n) is 8.57. The molecule has 4 nitrogen and oxygen atoms in total. The summed E-state index contributed by atoms with van der Waals surface area (Å²) in [7, 11) is 0. The Balaban J connectivity index is 2.46. The molecule has 0 aromatic heterocycles. The van der Waals surface area contributed by atoms with Crippen LogP contribution in [0.5, 0.6) is 5.75 Å². The fraction of sp³-hybridized carbons (Fsp3) is 0.481. The van der Waals surface area contributed by atoms with E-state index in [2.05, 4.69) is 31.3 Å². The maximum absolute atomic E-state index is 12.0. The van der Waals surface area contributed by atoms with E-state index >= 15 is 0 Å². The van der Waals surface area contributed by atoms with Gasteiger partial charge in [-0.3, -0.25) is 4.79 Å². The first-order valence-corrected chi connectivity index (χ1v) is 11.5. The Bertz CT molecular complexity index is 818. The molecule has 0 unspecified atom stereocenters. The van der Waals surface area contributed by atoms with Gasteiger partial charge in [-0.2, -0.15) is 0 Å². The topological polar surface area (TPSA) is 55.4 Å². The van der Waals surface area contributed by atoms with Crippen molar-refractivity contribution in [1.29, 1.82) is 0 Å². The standard InChI is InChI=1S/C27H37NO3/c1-5-7-15-27(6-2,16-17-29)28-26(18-22-11-9-8-10-12-22)25-14-13-24(31-21(3)4)19-23(25)20-30/h8-14,17,19-21,26,28H,5-7,15-16,18H2,1-4H3/t26-,27-/m1/s1. The molecule has 0 radical (unpaired) electrons. The van der Waals surface area contributed by atoms with E-state index in [9.17, 15) is 9.59 Å². The van der Waals surface area contributed by atoms with Crippen molar-refractivity contribution in [3.63, 3.8) is 0 Å². The summed E-state index contributed by atoms with van der Waals surface area (Å²) in [5, 5.41) is 3.82. The Labute approximate surface area is 187 Å². The molecule has 0 saturated heterocycles. The van der Waals surface area contributed by atoms with E-state index in [-0.39, 0.29) is 17.7 Å². The first-order chi connectivity index (χ1) is 15.0. The molecule has 2 atom stereocenters. The van der Waals surface area contributed by atoms with Gasteiger partial charge >= 0.3 is 0 Å². The minimum atomic E-state index is -0.287. The number of aldehydes is 2. The fourth-order valence-electron chi connectivity index (χ4n) is 4.11. The smallest absolute Gasteiger partial charge is 0.150 e. The first-order valence-electron chi connectivity index (χ1n) is 11.5. The van der Waals surface area contributed by atoms with Gasteiger partial charge in [0.1, 0.15) is 12.0 Å². The van der Waals surface area contributed by atoms with E-state index in [4.69, 9.17) is 4.74 Å². The highest BCUT2D eigenvalue weighted by atomic mass is 16.5. The van der Waals surface area contributed by atoms with Crippen LogP contribution < -0.4 is 10.1 Å². The molecule has 0 saturated carbocycles. The Hall–Kier alpha value is -2.46. The number of carbonyl (C=O) groups excluding carboxylic acids is 2. The van der Waals surface area contributed by atoms with Crippen molar-refractivity contribution in [2.24, 2.45) is 0 Å². The summed E-state index contributed by atoms with van der Waals surface area (Å²) < 4.78 is 5.80. The van der Waals surface area contributed by atoms with E-state index in [1.807, 2.05) is 50.2 Å². The minimum absolute atomic E-state index is 0.0398. The van der Waals surface area contributed by atoms with Gasteiger partial charge in [0, 0.05) is 23.6 Å². The van der Waals surface area contributed by atoms with Crippen LogP contribution in [0.1, 0.15) is 87.3 Å². The van der Waals surface area contributed by atoms with E-state index in [1.54, 1.807) is 0 Å². The van der Waals surface area contributed by atoms with Gasteiger partial charge in [0.2, 0.25) is 0 Å². The molecule has 2 rings (SSSR count). The van der Waals surface area contributed by atoms with Crippen molar-refractivity contribution in [3.8, 4) is 5.75 Å². The molecule has 0 amide bonds. The van der Waals surface area contributed by atoms with Crippen LogP contribution in [0.2, 0.25) is 0 Å². The molecule has 2 aromatic rings. The Morgan fingerprint density at radius 1 is 1.06 bits per heavy atom. The van der Waals surface area contributed by atoms with Gasteiger partial charge in [-0.1, -0.05) is 63.1 Å². The summed E-state index contributed by atoms with van der Waals surface area (Å²) in [6.45, 7) is 8.24. The number of hydrogen-bond acceptors (Lipinski definition) is 4. The molecule has 0 fully saturated rings. The summed E-state index contributed by atoms with van der Waals surface area (Å²) in [5.41, 5.74) is 2.46. The highest BCUT2D eigenvalue weighted by Gasteiger charge is 2.31. The second kappa shape index (κ2) is 12.4. The van der Waals surface area contributed by atoms with Gasteiger partial charge in [0.05, 0.1) is 6.10 Å². The molecule has 1 N–H and O–H groups in total. The number of unbranched alkanes of at least 4 members (excludes halogenated alkanes) is 1. The van der Waals surface area contributed by atoms with Gasteiger partial charge in [0.25, 0.3) is 0 Å². The molecule has 0 heterocycles. The highest BCUT2D eigenvalue weighted by molar-refractivity contribution is 5.78. The van der Waals surface area contributed by atoms with Crippen molar-refractivity contribution in [1.82, 2.24) is 5.32 Å². The molecule has 0 bridgehead atoms. The van der Waals surface area contributed by atoms with Crippen LogP contribution >= 0.6 is 0 Å². The highest BCUT2D eigenvalue weighted by Crippen LogP contribution is 2.31. The predicted molar refractivity (Wildman–Crippen MR) is 127 cm³/mol. The fourth-order valence-corrected chi connectivity index (χ4v) is 4.11. The van der Waals surface area contributed by atoms with E-state index in [1.165, 1.54) is 5.56 Å². The van der Waals surface area contributed by atoms with Crippen LogP contribution in [-0.4, -0.2) is 24.2 Å². The van der Waals surface area contributed by atoms with Crippen molar-refractivity contribution in [2.45, 2.75) is 83.9 Å². The van der Waals surface area contributed by atoms with E-state index < -0.39 is 0 Å². The van der Waals surface area contributed by atoms with Crippen LogP contribution in [0.15, 0.2) is 48.5 Å². The lowest BCUT2D eigenvalue weighted by Gasteiger charge is -2.37. The average Bonchev–Trinajstić information content (AvgIpc) is 2.77. The third-order valence-electron chi connectivity index (χ3n) is 5.86. The van der Waals surface area contributed by atoms with Gasteiger partial charge in [-0.05, 0) is 56.4 Å². The summed E-state index contributed by atoms with van der Waals surface area (Å²) in [4.78, 5) is 23.6. The maximum atomic E-state index is 12.0. The largest absolute Gasteiger partial charge is 0.491 e. The van der Waals surface area contributed by atoms with Crippen molar-refractivity contribution < 1.29 is 14.3 Å². The molecule has 168 valence electrons. The van der Waals surface area contributed by atoms with Crippen LogP contribution in [0.25, 0.3) is 0 Å². The van der Waals surface area contributed by atoms with E-state index in [0.29, 0.717) is 17.7 Å². The normalized spacial score (nSPS) is 14.1. The molecule has 2 aromatic carbocycles. The summed E-state index contributed by atoms with van der Waals surface area (Å²) >= 11 is 0. The van der Waals surface area contributed by atoms with Crippen LogP contribution in [0, 0.1) is 0 Å². The molecule has 4 heteroatoms. The van der Waals surface area contributed by atoms with Crippen molar-refractivity contribution >= 4 is 12.6 Å². The summed E-state index contributed by atoms with van der Waals surface area (Å²) in [6, 6.07) is 15.9. The van der Waals surface area contributed by atoms with Crippen LogP contribution in [-0.2, 0) is 11.2 Å². The lowest BCUT2D eigenvalue weighted by Crippen LogP contribution is -2.47. The molecular weight excluding hydrogens is 386 g/mol. The zero-order valence-electron chi connectivity index (χ0n) is 19.4. The Morgan fingerprint density at radius 2 is 1.81 bits per heavy atom. The molecule has 0 aliphatic carbocycles. The lowest BCUT2D eigenvalue weighted by molar-refractivity contribution is -0.109. The minimum Gasteiger partial charge on any atom is -0.491 e. The third kappa shape index (κ3) is 7.32. The Morgan fingerprint density at radius 3 is 2.39 bits per heavy atom. The molecule has 31 heavy (non-hydrogen) atoms.